The van der Waals surface area contributed by atoms with Gasteiger partial charge < -0.3 is 20.1 Å². The first kappa shape index (κ1) is 22.0. The molecule has 2 N–H and O–H groups in total. The minimum Gasteiger partial charge on any atom is -0.493 e. The zero-order valence-electron chi connectivity index (χ0n) is 16.8. The first-order valence-electron chi connectivity index (χ1n) is 9.93. The van der Waals surface area contributed by atoms with Gasteiger partial charge in [-0.05, 0) is 24.1 Å². The van der Waals surface area contributed by atoms with Crippen LogP contribution in [0.3, 0.4) is 0 Å². The van der Waals surface area contributed by atoms with Gasteiger partial charge in [0.25, 0.3) is 0 Å². The smallest absolute Gasteiger partial charge is 0.411 e. The molecule has 30 heavy (non-hydrogen) atoms. The summed E-state index contributed by atoms with van der Waals surface area (Å²) in [5.74, 6) is 1.56. The molecule has 0 saturated carbocycles. The monoisotopic (exact) mass is 421 g/mol. The molecule has 1 aliphatic heterocycles. The number of benzene rings is 2. The highest BCUT2D eigenvalue weighted by Crippen LogP contribution is 2.31. The quantitative estimate of drug-likeness (QED) is 0.516. The molecule has 0 fully saturated rings. The Morgan fingerprint density at radius 1 is 1.17 bits per heavy atom. The van der Waals surface area contributed by atoms with Crippen LogP contribution in [-0.2, 0) is 17.9 Å². The van der Waals surface area contributed by atoms with Gasteiger partial charge in [0, 0.05) is 18.5 Å². The van der Waals surface area contributed by atoms with Crippen molar-refractivity contribution < 1.29 is 22.6 Å². The lowest BCUT2D eigenvalue weighted by atomic mass is 10.0. The summed E-state index contributed by atoms with van der Waals surface area (Å²) in [7, 11) is 0. The predicted molar refractivity (Wildman–Crippen MR) is 109 cm³/mol. The van der Waals surface area contributed by atoms with Crippen molar-refractivity contribution in [2.24, 2.45) is 4.99 Å². The Hall–Kier alpha value is -2.74. The minimum absolute atomic E-state index is 0.0890. The third-order valence-electron chi connectivity index (χ3n) is 4.56. The van der Waals surface area contributed by atoms with Crippen LogP contribution in [0, 0.1) is 0 Å². The molecule has 1 atom stereocenters. The third kappa shape index (κ3) is 6.66. The van der Waals surface area contributed by atoms with Gasteiger partial charge >= 0.3 is 6.18 Å². The fraction of sp³-hybridized carbons (Fsp3) is 0.409. The maximum Gasteiger partial charge on any atom is 0.411 e. The van der Waals surface area contributed by atoms with Gasteiger partial charge in [0.1, 0.15) is 12.4 Å². The molecule has 5 nitrogen and oxygen atoms in total. The van der Waals surface area contributed by atoms with Crippen LogP contribution < -0.4 is 15.4 Å². The van der Waals surface area contributed by atoms with Gasteiger partial charge in [0.15, 0.2) is 5.96 Å². The first-order chi connectivity index (χ1) is 14.4. The standard InChI is InChI=1S/C22H26F3N3O2/c1-2-26-21(28-19-10-11-30-20-9-4-3-8-18(19)20)27-13-16-6-5-7-17(12-16)14-29-15-22(23,24)25/h3-9,12,19H,2,10-11,13-15H2,1H3,(H2,26,27,28). The van der Waals surface area contributed by atoms with Crippen molar-refractivity contribution in [1.82, 2.24) is 10.6 Å². The summed E-state index contributed by atoms with van der Waals surface area (Å²) in [5.41, 5.74) is 2.68. The summed E-state index contributed by atoms with van der Waals surface area (Å²) >= 11 is 0. The number of alkyl halides is 3. The van der Waals surface area contributed by atoms with Crippen LogP contribution in [0.4, 0.5) is 13.2 Å². The van der Waals surface area contributed by atoms with Gasteiger partial charge in [-0.3, -0.25) is 0 Å². The number of nitrogens with one attached hydrogen (secondary N) is 2. The van der Waals surface area contributed by atoms with E-state index in [-0.39, 0.29) is 12.6 Å². The predicted octanol–water partition coefficient (Wildman–Crippen LogP) is 4.34. The maximum atomic E-state index is 12.2. The van der Waals surface area contributed by atoms with Crippen LogP contribution in [0.2, 0.25) is 0 Å². The second kappa shape index (κ2) is 10.3. The minimum atomic E-state index is -4.32. The summed E-state index contributed by atoms with van der Waals surface area (Å²) in [6.07, 6.45) is -3.50. The van der Waals surface area contributed by atoms with Crippen molar-refractivity contribution in [2.75, 3.05) is 19.8 Å². The van der Waals surface area contributed by atoms with Gasteiger partial charge in [0.05, 0.1) is 25.8 Å². The molecule has 0 saturated heterocycles. The Morgan fingerprint density at radius 3 is 2.77 bits per heavy atom. The van der Waals surface area contributed by atoms with Crippen molar-refractivity contribution in [3.05, 3.63) is 65.2 Å². The van der Waals surface area contributed by atoms with E-state index < -0.39 is 12.8 Å². The van der Waals surface area contributed by atoms with Gasteiger partial charge in [-0.2, -0.15) is 13.2 Å². The van der Waals surface area contributed by atoms with Crippen molar-refractivity contribution >= 4 is 5.96 Å². The third-order valence-corrected chi connectivity index (χ3v) is 4.56. The number of nitrogens with zero attached hydrogens (tertiary/aromatic N) is 1. The Kier molecular flexibility index (Phi) is 7.57. The Labute approximate surface area is 174 Å². The molecule has 0 bridgehead atoms. The van der Waals surface area contributed by atoms with E-state index in [9.17, 15) is 13.2 Å². The highest BCUT2D eigenvalue weighted by Gasteiger charge is 2.27. The van der Waals surface area contributed by atoms with Gasteiger partial charge in [-0.25, -0.2) is 4.99 Å². The fourth-order valence-corrected chi connectivity index (χ4v) is 3.25. The number of ether oxygens (including phenoxy) is 2. The SMILES string of the molecule is CCNC(=NCc1cccc(COCC(F)(F)F)c1)NC1CCOc2ccccc21. The lowest BCUT2D eigenvalue weighted by Gasteiger charge is -2.28. The number of hydrogen-bond acceptors (Lipinski definition) is 3. The fourth-order valence-electron chi connectivity index (χ4n) is 3.25. The molecule has 0 aromatic heterocycles. The van der Waals surface area contributed by atoms with E-state index in [1.165, 1.54) is 0 Å². The number of fused-ring (bicyclic) bond motifs is 1. The van der Waals surface area contributed by atoms with Crippen LogP contribution in [0.5, 0.6) is 5.75 Å². The molecule has 1 unspecified atom stereocenters. The summed E-state index contributed by atoms with van der Waals surface area (Å²) in [4.78, 5) is 4.64. The van der Waals surface area contributed by atoms with E-state index in [2.05, 4.69) is 15.6 Å². The zero-order valence-corrected chi connectivity index (χ0v) is 16.8. The van der Waals surface area contributed by atoms with Gasteiger partial charge in [-0.15, -0.1) is 0 Å². The number of hydrogen-bond donors (Lipinski definition) is 2. The summed E-state index contributed by atoms with van der Waals surface area (Å²) in [5, 5.41) is 6.70. The average molecular weight is 421 g/mol. The van der Waals surface area contributed by atoms with E-state index in [0.29, 0.717) is 31.2 Å². The van der Waals surface area contributed by atoms with E-state index >= 15 is 0 Å². The molecule has 2 aromatic carbocycles. The van der Waals surface area contributed by atoms with Crippen molar-refractivity contribution in [3.63, 3.8) is 0 Å². The normalized spacial score (nSPS) is 16.5. The molecular formula is C22H26F3N3O2. The number of para-hydroxylation sites is 1. The molecule has 2 aromatic rings. The van der Waals surface area contributed by atoms with E-state index in [1.54, 1.807) is 12.1 Å². The van der Waals surface area contributed by atoms with Crippen molar-refractivity contribution in [1.29, 1.82) is 0 Å². The molecule has 0 radical (unpaired) electrons. The van der Waals surface area contributed by atoms with Crippen LogP contribution in [-0.4, -0.2) is 31.9 Å². The molecule has 1 heterocycles. The van der Waals surface area contributed by atoms with E-state index in [0.717, 1.165) is 23.3 Å². The van der Waals surface area contributed by atoms with Crippen LogP contribution in [0.15, 0.2) is 53.5 Å². The van der Waals surface area contributed by atoms with E-state index in [4.69, 9.17) is 9.47 Å². The Morgan fingerprint density at radius 2 is 1.97 bits per heavy atom. The van der Waals surface area contributed by atoms with Crippen LogP contribution in [0.25, 0.3) is 0 Å². The van der Waals surface area contributed by atoms with Gasteiger partial charge in [-0.1, -0.05) is 42.5 Å². The lowest BCUT2D eigenvalue weighted by molar-refractivity contribution is -0.176. The topological polar surface area (TPSA) is 54.9 Å². The van der Waals surface area contributed by atoms with Crippen molar-refractivity contribution in [3.8, 4) is 5.75 Å². The molecular weight excluding hydrogens is 395 g/mol. The largest absolute Gasteiger partial charge is 0.493 e. The van der Waals surface area contributed by atoms with E-state index in [1.807, 2.05) is 43.3 Å². The second-order valence-corrected chi connectivity index (χ2v) is 6.99. The molecule has 8 heteroatoms. The molecule has 0 amide bonds. The van der Waals surface area contributed by atoms with Crippen LogP contribution in [0.1, 0.15) is 36.1 Å². The zero-order chi connectivity index (χ0) is 21.4. The Balaban J connectivity index is 1.63. The molecule has 0 aliphatic carbocycles. The maximum absolute atomic E-state index is 12.2. The molecule has 0 spiro atoms. The van der Waals surface area contributed by atoms with Crippen molar-refractivity contribution in [2.45, 2.75) is 38.7 Å². The highest BCUT2D eigenvalue weighted by molar-refractivity contribution is 5.80. The summed E-state index contributed by atoms with van der Waals surface area (Å²) in [6.45, 7) is 2.39. The number of halogens is 3. The second-order valence-electron chi connectivity index (χ2n) is 6.99. The number of guanidine groups is 1. The highest BCUT2D eigenvalue weighted by atomic mass is 19.4. The summed E-state index contributed by atoms with van der Waals surface area (Å²) in [6, 6.07) is 15.3. The Bertz CT molecular complexity index is 856. The number of rotatable bonds is 7. The summed E-state index contributed by atoms with van der Waals surface area (Å²) < 4.78 is 47.2. The average Bonchev–Trinajstić information content (AvgIpc) is 2.72. The number of aliphatic imine (C=N–C) groups is 1. The van der Waals surface area contributed by atoms with Gasteiger partial charge in [0.2, 0.25) is 0 Å². The lowest BCUT2D eigenvalue weighted by Crippen LogP contribution is -2.41. The first-order valence-corrected chi connectivity index (χ1v) is 9.93. The van der Waals surface area contributed by atoms with Crippen LogP contribution >= 0.6 is 0 Å². The molecule has 162 valence electrons. The molecule has 3 rings (SSSR count). The molecule has 1 aliphatic rings.